The number of rotatable bonds is 6. The Hall–Kier alpha value is -2.82. The lowest BCUT2D eigenvalue weighted by molar-refractivity contribution is 0.483. The fraction of sp³-hybridized carbons (Fsp3) is 0. The van der Waals surface area contributed by atoms with Gasteiger partial charge in [-0.3, -0.25) is 9.98 Å². The van der Waals surface area contributed by atoms with Crippen LogP contribution in [-0.4, -0.2) is 12.4 Å². The van der Waals surface area contributed by atoms with Gasteiger partial charge in [-0.2, -0.15) is 0 Å². The van der Waals surface area contributed by atoms with Crippen LogP contribution < -0.4 is 4.74 Å². The molecule has 0 atom stereocenters. The summed E-state index contributed by atoms with van der Waals surface area (Å²) >= 11 is 23.9. The summed E-state index contributed by atoms with van der Waals surface area (Å²) < 4.78 is 5.90. The Morgan fingerprint density at radius 1 is 0.485 bits per heavy atom. The second-order valence-electron chi connectivity index (χ2n) is 6.95. The standard InChI is InChI=1S/C26H16Cl4N2O/c27-23-11-1-17(13-25(23)29)15-31-19-3-7-21(8-4-19)33-22-9-5-20(6-10-22)32-16-18-2-12-24(28)26(30)14-18/h1-16H. The van der Waals surface area contributed by atoms with E-state index in [4.69, 9.17) is 51.1 Å². The van der Waals surface area contributed by atoms with Gasteiger partial charge in [0, 0.05) is 12.4 Å². The van der Waals surface area contributed by atoms with Gasteiger partial charge in [0.05, 0.1) is 31.5 Å². The zero-order valence-corrected chi connectivity index (χ0v) is 20.1. The highest BCUT2D eigenvalue weighted by Crippen LogP contribution is 2.27. The summed E-state index contributed by atoms with van der Waals surface area (Å²) in [5, 5.41) is 2.02. The van der Waals surface area contributed by atoms with Crippen LogP contribution in [0, 0.1) is 0 Å². The average molecular weight is 514 g/mol. The molecule has 33 heavy (non-hydrogen) atoms. The molecule has 0 unspecified atom stereocenters. The Balaban J connectivity index is 1.36. The minimum absolute atomic E-state index is 0.496. The van der Waals surface area contributed by atoms with Gasteiger partial charge in [0.25, 0.3) is 0 Å². The Morgan fingerprint density at radius 3 is 1.24 bits per heavy atom. The van der Waals surface area contributed by atoms with Crippen molar-refractivity contribution in [1.29, 1.82) is 0 Å². The third kappa shape index (κ3) is 6.59. The van der Waals surface area contributed by atoms with E-state index in [1.54, 1.807) is 36.7 Å². The van der Waals surface area contributed by atoms with Crippen molar-refractivity contribution < 1.29 is 4.74 Å². The highest BCUT2D eigenvalue weighted by molar-refractivity contribution is 6.42. The molecule has 7 heteroatoms. The molecule has 0 spiro atoms. The quantitative estimate of drug-likeness (QED) is 0.236. The number of halogens is 4. The van der Waals surface area contributed by atoms with Crippen molar-refractivity contribution in [3.63, 3.8) is 0 Å². The molecule has 0 aliphatic carbocycles. The van der Waals surface area contributed by atoms with Crippen molar-refractivity contribution in [3.05, 3.63) is 116 Å². The summed E-state index contributed by atoms with van der Waals surface area (Å²) in [7, 11) is 0. The van der Waals surface area contributed by atoms with E-state index in [1.165, 1.54) is 0 Å². The summed E-state index contributed by atoms with van der Waals surface area (Å²) in [5.74, 6) is 1.41. The van der Waals surface area contributed by atoms with Crippen molar-refractivity contribution in [1.82, 2.24) is 0 Å². The highest BCUT2D eigenvalue weighted by Gasteiger charge is 2.01. The predicted octanol–water partition coefficient (Wildman–Crippen LogP) is 9.59. The van der Waals surface area contributed by atoms with Gasteiger partial charge in [-0.1, -0.05) is 58.5 Å². The lowest BCUT2D eigenvalue weighted by atomic mass is 10.2. The Kier molecular flexibility index (Phi) is 7.69. The van der Waals surface area contributed by atoms with Gasteiger partial charge >= 0.3 is 0 Å². The summed E-state index contributed by atoms with van der Waals surface area (Å²) in [6.07, 6.45) is 3.46. The van der Waals surface area contributed by atoms with E-state index in [2.05, 4.69) is 9.98 Å². The van der Waals surface area contributed by atoms with Crippen molar-refractivity contribution in [2.45, 2.75) is 0 Å². The largest absolute Gasteiger partial charge is 0.457 e. The predicted molar refractivity (Wildman–Crippen MR) is 140 cm³/mol. The second-order valence-corrected chi connectivity index (χ2v) is 8.58. The van der Waals surface area contributed by atoms with Gasteiger partial charge in [0.1, 0.15) is 11.5 Å². The number of hydrogen-bond acceptors (Lipinski definition) is 3. The molecule has 0 N–H and O–H groups in total. The zero-order valence-electron chi connectivity index (χ0n) is 17.1. The molecule has 0 saturated heterocycles. The molecular formula is C26H16Cl4N2O. The van der Waals surface area contributed by atoms with Crippen LogP contribution in [0.2, 0.25) is 20.1 Å². The van der Waals surface area contributed by atoms with Gasteiger partial charge in [-0.25, -0.2) is 0 Å². The maximum absolute atomic E-state index is 6.03. The molecule has 0 saturated carbocycles. The molecule has 0 aliphatic rings. The van der Waals surface area contributed by atoms with Crippen LogP contribution in [0.3, 0.4) is 0 Å². The second kappa shape index (κ2) is 10.9. The van der Waals surface area contributed by atoms with Crippen LogP contribution in [0.25, 0.3) is 0 Å². The monoisotopic (exact) mass is 512 g/mol. The van der Waals surface area contributed by atoms with E-state index in [0.29, 0.717) is 31.6 Å². The first-order valence-corrected chi connectivity index (χ1v) is 11.3. The first-order chi connectivity index (χ1) is 16.0. The van der Waals surface area contributed by atoms with Crippen molar-refractivity contribution in [3.8, 4) is 11.5 Å². The molecule has 4 rings (SSSR count). The van der Waals surface area contributed by atoms with E-state index < -0.39 is 0 Å². The lowest BCUT2D eigenvalue weighted by Crippen LogP contribution is -1.84. The first-order valence-electron chi connectivity index (χ1n) is 9.82. The van der Waals surface area contributed by atoms with Gasteiger partial charge in [0.15, 0.2) is 0 Å². The number of aliphatic imine (C=N–C) groups is 2. The van der Waals surface area contributed by atoms with Gasteiger partial charge in [-0.05, 0) is 83.9 Å². The summed E-state index contributed by atoms with van der Waals surface area (Å²) in [6.45, 7) is 0. The van der Waals surface area contributed by atoms with Crippen LogP contribution in [0.15, 0.2) is 94.9 Å². The van der Waals surface area contributed by atoms with Crippen LogP contribution in [0.4, 0.5) is 11.4 Å². The molecule has 3 nitrogen and oxygen atoms in total. The summed E-state index contributed by atoms with van der Waals surface area (Å²) in [4.78, 5) is 8.90. The topological polar surface area (TPSA) is 34.0 Å². The maximum atomic E-state index is 6.03. The number of benzene rings is 4. The molecule has 0 amide bonds. The molecule has 0 bridgehead atoms. The van der Waals surface area contributed by atoms with Crippen LogP contribution in [-0.2, 0) is 0 Å². The minimum atomic E-state index is 0.496. The lowest BCUT2D eigenvalue weighted by Gasteiger charge is -2.06. The van der Waals surface area contributed by atoms with E-state index in [-0.39, 0.29) is 0 Å². The third-order valence-electron chi connectivity index (χ3n) is 4.52. The zero-order chi connectivity index (χ0) is 23.2. The molecule has 0 fully saturated rings. The Morgan fingerprint density at radius 2 is 0.879 bits per heavy atom. The highest BCUT2D eigenvalue weighted by atomic mass is 35.5. The smallest absolute Gasteiger partial charge is 0.127 e. The molecule has 4 aromatic rings. The molecule has 0 radical (unpaired) electrons. The maximum Gasteiger partial charge on any atom is 0.127 e. The van der Waals surface area contributed by atoms with Gasteiger partial charge in [-0.15, -0.1) is 0 Å². The van der Waals surface area contributed by atoms with Crippen LogP contribution in [0.1, 0.15) is 11.1 Å². The van der Waals surface area contributed by atoms with E-state index in [0.717, 1.165) is 22.5 Å². The van der Waals surface area contributed by atoms with Crippen molar-refractivity contribution in [2.24, 2.45) is 9.98 Å². The fourth-order valence-corrected chi connectivity index (χ4v) is 3.43. The fourth-order valence-electron chi connectivity index (χ4n) is 2.82. The number of nitrogens with zero attached hydrogens (tertiary/aromatic N) is 2. The number of hydrogen-bond donors (Lipinski definition) is 0. The summed E-state index contributed by atoms with van der Waals surface area (Å²) in [5.41, 5.74) is 3.32. The first kappa shape index (κ1) is 23.3. The Bertz CT molecular complexity index is 1210. The van der Waals surface area contributed by atoms with Gasteiger partial charge in [0.2, 0.25) is 0 Å². The van der Waals surface area contributed by atoms with Crippen molar-refractivity contribution in [2.75, 3.05) is 0 Å². The van der Waals surface area contributed by atoms with E-state index >= 15 is 0 Å². The number of ether oxygens (including phenoxy) is 1. The van der Waals surface area contributed by atoms with Crippen LogP contribution >= 0.6 is 46.4 Å². The SMILES string of the molecule is Clc1ccc(C=Nc2ccc(Oc3ccc(N=Cc4ccc(Cl)c(Cl)c4)cc3)cc2)cc1Cl. The molecule has 164 valence electrons. The molecule has 0 heterocycles. The van der Waals surface area contributed by atoms with E-state index in [1.807, 2.05) is 60.7 Å². The molecule has 4 aromatic carbocycles. The van der Waals surface area contributed by atoms with E-state index in [9.17, 15) is 0 Å². The molecule has 0 aliphatic heterocycles. The summed E-state index contributed by atoms with van der Waals surface area (Å²) in [6, 6.07) is 25.7. The normalized spacial score (nSPS) is 11.4. The average Bonchev–Trinajstić information content (AvgIpc) is 2.82. The van der Waals surface area contributed by atoms with Crippen LogP contribution in [0.5, 0.6) is 11.5 Å². The van der Waals surface area contributed by atoms with Gasteiger partial charge < -0.3 is 4.74 Å². The van der Waals surface area contributed by atoms with Crippen molar-refractivity contribution >= 4 is 70.2 Å². The molecular weight excluding hydrogens is 498 g/mol. The third-order valence-corrected chi connectivity index (χ3v) is 6.00. The Labute approximate surface area is 211 Å². The molecule has 0 aromatic heterocycles. The minimum Gasteiger partial charge on any atom is -0.457 e.